The lowest BCUT2D eigenvalue weighted by atomic mass is 10.0. The summed E-state index contributed by atoms with van der Waals surface area (Å²) < 4.78 is 88.7. The second kappa shape index (κ2) is 12.5. The van der Waals surface area contributed by atoms with Crippen LogP contribution < -0.4 is 20.7 Å². The van der Waals surface area contributed by atoms with Gasteiger partial charge in [-0.1, -0.05) is 11.3 Å². The number of benzene rings is 1. The molecule has 8 rings (SSSR count). The van der Waals surface area contributed by atoms with Gasteiger partial charge in [0, 0.05) is 11.1 Å². The first-order valence-electron chi connectivity index (χ1n) is 17.0. The zero-order chi connectivity index (χ0) is 36.7. The molecule has 4 atom stereocenters. The van der Waals surface area contributed by atoms with Crippen molar-refractivity contribution in [2.45, 2.75) is 113 Å². The Kier molecular flexibility index (Phi) is 8.42. The van der Waals surface area contributed by atoms with Crippen molar-refractivity contribution in [3.63, 3.8) is 0 Å². The molecule has 2 bridgehead atoms. The zero-order valence-corrected chi connectivity index (χ0v) is 29.7. The van der Waals surface area contributed by atoms with E-state index in [2.05, 4.69) is 14.9 Å². The number of carbonyl (C=O) groups excluding carboxylic acids is 1. The maximum atomic E-state index is 14.9. The van der Waals surface area contributed by atoms with Crippen LogP contribution in [0.4, 0.5) is 13.2 Å². The molecule has 2 aliphatic carbocycles. The average Bonchev–Trinajstić information content (AvgIpc) is 3.89. The summed E-state index contributed by atoms with van der Waals surface area (Å²) in [5.41, 5.74) is -3.32. The van der Waals surface area contributed by atoms with Gasteiger partial charge in [-0.2, -0.15) is 19.0 Å². The average molecular weight is 765 g/mol. The van der Waals surface area contributed by atoms with E-state index in [9.17, 15) is 36.0 Å². The quantitative estimate of drug-likeness (QED) is 0.224. The predicted octanol–water partition coefficient (Wildman–Crippen LogP) is 3.81. The van der Waals surface area contributed by atoms with Gasteiger partial charge in [-0.25, -0.2) is 22.2 Å². The summed E-state index contributed by atoms with van der Waals surface area (Å²) in [6, 6.07) is 3.03. The van der Waals surface area contributed by atoms with Gasteiger partial charge in [0.25, 0.3) is 11.5 Å². The number of alkyl halides is 2. The fourth-order valence-corrected chi connectivity index (χ4v) is 9.89. The highest BCUT2D eigenvalue weighted by Crippen LogP contribution is 2.46. The lowest BCUT2D eigenvalue weighted by molar-refractivity contribution is -0.124. The number of nitrogens with one attached hydrogen (secondary N) is 1. The Morgan fingerprint density at radius 1 is 1.12 bits per heavy atom. The molecule has 2 saturated carbocycles. The van der Waals surface area contributed by atoms with Gasteiger partial charge in [-0.15, -0.1) is 4.80 Å². The molecular weight excluding hydrogens is 730 g/mol. The van der Waals surface area contributed by atoms with Crippen LogP contribution in [0.25, 0.3) is 15.2 Å². The largest absolute Gasteiger partial charge is 0.434 e. The third kappa shape index (κ3) is 5.94. The lowest BCUT2D eigenvalue weighted by Crippen LogP contribution is -2.54. The number of aromatic nitrogens is 5. The maximum absolute atomic E-state index is 14.9. The summed E-state index contributed by atoms with van der Waals surface area (Å²) in [6.07, 6.45) is 4.25. The van der Waals surface area contributed by atoms with Crippen molar-refractivity contribution in [3.05, 3.63) is 68.4 Å². The Morgan fingerprint density at radius 2 is 1.79 bits per heavy atom. The molecule has 4 fully saturated rings. The number of ether oxygens (including phenoxy) is 3. The van der Waals surface area contributed by atoms with Crippen LogP contribution in [0, 0.1) is 12.7 Å². The molecule has 3 aromatic heterocycles. The number of amides is 1. The fourth-order valence-electron chi connectivity index (χ4n) is 7.35. The first-order chi connectivity index (χ1) is 24.7. The van der Waals surface area contributed by atoms with Crippen LogP contribution in [0.15, 0.2) is 40.2 Å². The zero-order valence-electron chi connectivity index (χ0n) is 28.1. The molecule has 0 unspecified atom stereocenters. The molecule has 0 radical (unpaired) electrons. The molecule has 2 aliphatic heterocycles. The molecule has 1 aromatic carbocycles. The van der Waals surface area contributed by atoms with Crippen LogP contribution in [-0.2, 0) is 36.4 Å². The third-order valence-corrected chi connectivity index (χ3v) is 14.1. The Bertz CT molecular complexity index is 2290. The third-order valence-electron chi connectivity index (χ3n) is 10.7. The Hall–Kier alpha value is -4.07. The van der Waals surface area contributed by atoms with E-state index in [0.717, 1.165) is 46.9 Å². The minimum Gasteiger partial charge on any atom is -0.434 e. The highest BCUT2D eigenvalue weighted by atomic mass is 32.2. The fraction of sp³-hybridized carbons (Fsp3) is 0.545. The molecule has 1 amide bonds. The Balaban J connectivity index is 1.30. The summed E-state index contributed by atoms with van der Waals surface area (Å²) in [7, 11) is -4.13. The highest BCUT2D eigenvalue weighted by Gasteiger charge is 2.58. The summed E-state index contributed by atoms with van der Waals surface area (Å²) in [5, 5.41) is 8.79. The Morgan fingerprint density at radius 3 is 2.40 bits per heavy atom. The van der Waals surface area contributed by atoms with Crippen LogP contribution in [0.2, 0.25) is 0 Å². The molecule has 19 heteroatoms. The summed E-state index contributed by atoms with van der Waals surface area (Å²) in [4.78, 5) is 44.4. The number of fused-ring (bicyclic) bond motifs is 3. The molecule has 52 heavy (non-hydrogen) atoms. The van der Waals surface area contributed by atoms with E-state index < -0.39 is 68.6 Å². The number of aryl methyl sites for hydroxylation is 1. The van der Waals surface area contributed by atoms with E-state index in [1.54, 1.807) is 6.92 Å². The van der Waals surface area contributed by atoms with Crippen molar-refractivity contribution in [2.75, 3.05) is 0 Å². The lowest BCUT2D eigenvalue weighted by Gasteiger charge is -2.32. The van der Waals surface area contributed by atoms with Crippen molar-refractivity contribution < 1.29 is 40.6 Å². The normalized spacial score (nSPS) is 23.5. The molecule has 5 heterocycles. The number of nitrogens with zero attached hydrogens (tertiary/aromatic N) is 5. The molecule has 4 aliphatic rings. The molecule has 14 nitrogen and oxygen atoms in total. The van der Waals surface area contributed by atoms with Gasteiger partial charge in [0.15, 0.2) is 0 Å². The van der Waals surface area contributed by atoms with Gasteiger partial charge in [0.1, 0.15) is 33.0 Å². The maximum Gasteiger partial charge on any atom is 0.387 e. The van der Waals surface area contributed by atoms with Gasteiger partial charge in [0.05, 0.1) is 47.4 Å². The first kappa shape index (κ1) is 35.0. The minimum atomic E-state index is -4.13. The number of hydrogen-bond acceptors (Lipinski definition) is 11. The number of thiophene rings is 1. The van der Waals surface area contributed by atoms with Gasteiger partial charge >= 0.3 is 12.3 Å². The predicted molar refractivity (Wildman–Crippen MR) is 180 cm³/mol. The van der Waals surface area contributed by atoms with E-state index in [1.807, 2.05) is 0 Å². The highest BCUT2D eigenvalue weighted by molar-refractivity contribution is 7.91. The standard InChI is InChI=1S/C33H35F3N6O8S2/c1-17-25-26(43)41(33(9-10-33)29(44)39-52(46,47)32(2)7-8-32)31(45)40(28(25)51-27(17)42-37-11-12-38-42)16-24(49-21-14-19-4-5-20(15-21)48-19)22-13-18(34)3-6-23(22)50-30(35)36/h3,6,11-13,19-21,24,30H,4-5,7-10,14-16H2,1-2H3,(H,39,44)/t19-,20+,21-,24-/m0/s1. The summed E-state index contributed by atoms with van der Waals surface area (Å²) >= 11 is 1.01. The molecule has 1 N–H and O–H groups in total. The first-order valence-corrected chi connectivity index (χ1v) is 19.3. The topological polar surface area (TPSA) is 166 Å². The molecule has 278 valence electrons. The van der Waals surface area contributed by atoms with Crippen LogP contribution in [0.1, 0.15) is 75.5 Å². The van der Waals surface area contributed by atoms with Crippen LogP contribution in [-0.4, -0.2) is 68.1 Å². The van der Waals surface area contributed by atoms with Crippen molar-refractivity contribution in [1.82, 2.24) is 28.9 Å². The van der Waals surface area contributed by atoms with E-state index >= 15 is 0 Å². The van der Waals surface area contributed by atoms with Gasteiger partial charge < -0.3 is 14.2 Å². The SMILES string of the molecule is Cc1c(-n2nccn2)sc2c1c(=O)n(C1(C(=O)NS(=O)(=O)C3(C)CC3)CC1)c(=O)n2C[C@H](O[C@@H]1C[C@H]2CC[C@@H](C1)O2)c1cc(F)ccc1OC(F)F. The van der Waals surface area contributed by atoms with Crippen LogP contribution >= 0.6 is 11.3 Å². The van der Waals surface area contributed by atoms with E-state index in [0.29, 0.717) is 36.2 Å². The minimum absolute atomic E-state index is 0.00350. The van der Waals surface area contributed by atoms with Crippen molar-refractivity contribution >= 4 is 37.5 Å². The number of hydrogen-bond donors (Lipinski definition) is 1. The van der Waals surface area contributed by atoms with Gasteiger partial charge in [0.2, 0.25) is 10.0 Å². The van der Waals surface area contributed by atoms with Gasteiger partial charge in [-0.05, 0) is 83.4 Å². The number of sulfonamides is 1. The molecule has 2 saturated heterocycles. The van der Waals surface area contributed by atoms with Crippen LogP contribution in [0.5, 0.6) is 5.75 Å². The number of halogens is 3. The monoisotopic (exact) mass is 764 g/mol. The van der Waals surface area contributed by atoms with Crippen molar-refractivity contribution in [3.8, 4) is 10.8 Å². The second-order valence-electron chi connectivity index (χ2n) is 14.2. The molecule has 0 spiro atoms. The van der Waals surface area contributed by atoms with Crippen molar-refractivity contribution in [1.29, 1.82) is 0 Å². The number of rotatable bonds is 12. The molecular formula is C33H35F3N6O8S2. The van der Waals surface area contributed by atoms with E-state index in [4.69, 9.17) is 14.2 Å². The second-order valence-corrected chi connectivity index (χ2v) is 17.4. The molecule has 4 aromatic rings. The van der Waals surface area contributed by atoms with Gasteiger partial charge in [-0.3, -0.25) is 18.9 Å². The summed E-state index contributed by atoms with van der Waals surface area (Å²) in [5.74, 6) is -2.14. The smallest absolute Gasteiger partial charge is 0.387 e. The van der Waals surface area contributed by atoms with Crippen LogP contribution in [0.3, 0.4) is 0 Å². The van der Waals surface area contributed by atoms with E-state index in [1.165, 1.54) is 28.7 Å². The number of carbonyl (C=O) groups is 1. The Labute approximate surface area is 298 Å². The van der Waals surface area contributed by atoms with Crippen molar-refractivity contribution in [2.24, 2.45) is 0 Å². The van der Waals surface area contributed by atoms with E-state index in [-0.39, 0.29) is 46.6 Å². The summed E-state index contributed by atoms with van der Waals surface area (Å²) in [6.45, 7) is -0.546.